The van der Waals surface area contributed by atoms with Crippen LogP contribution >= 0.6 is 0 Å². The molecule has 0 fully saturated rings. The third-order valence-electron chi connectivity index (χ3n) is 4.49. The molecule has 128 valence electrons. The summed E-state index contributed by atoms with van der Waals surface area (Å²) >= 11 is 0. The van der Waals surface area contributed by atoms with Crippen LogP contribution in [0.25, 0.3) is 0 Å². The molecule has 0 amide bonds. The number of hydrogen-bond donors (Lipinski definition) is 2. The topological polar surface area (TPSA) is 32.3 Å². The van der Waals surface area contributed by atoms with Crippen molar-refractivity contribution in [1.82, 2.24) is 0 Å². The number of rotatable bonds is 9. The fourth-order valence-corrected chi connectivity index (χ4v) is 3.09. The fraction of sp³-hybridized carbons (Fsp3) is 0.524. The molecule has 0 aliphatic heterocycles. The van der Waals surface area contributed by atoms with Crippen LogP contribution in [0, 0.1) is 5.92 Å². The lowest BCUT2D eigenvalue weighted by molar-refractivity contribution is 0.477. The van der Waals surface area contributed by atoms with E-state index in [1.54, 1.807) is 11.6 Å². The van der Waals surface area contributed by atoms with E-state index in [1.165, 1.54) is 29.6 Å². The van der Waals surface area contributed by atoms with Gasteiger partial charge in [-0.05, 0) is 76.5 Å². The molecule has 2 N–H and O–H groups in total. The van der Waals surface area contributed by atoms with Gasteiger partial charge in [0.2, 0.25) is 0 Å². The SMILES string of the molecule is C=C(C)CCCC(C)C(CCc1ccc(O)c(NC)c1)=C(C)C. The Labute approximate surface area is 142 Å². The van der Waals surface area contributed by atoms with Gasteiger partial charge in [0.05, 0.1) is 5.69 Å². The zero-order valence-electron chi connectivity index (χ0n) is 15.5. The first kappa shape index (κ1) is 19.3. The van der Waals surface area contributed by atoms with E-state index in [0.717, 1.165) is 24.9 Å². The van der Waals surface area contributed by atoms with Crippen LogP contribution in [0.2, 0.25) is 0 Å². The van der Waals surface area contributed by atoms with Crippen molar-refractivity contribution in [3.63, 3.8) is 0 Å². The summed E-state index contributed by atoms with van der Waals surface area (Å²) in [5.74, 6) is 0.937. The highest BCUT2D eigenvalue weighted by Gasteiger charge is 2.11. The minimum absolute atomic E-state index is 0.312. The number of nitrogens with one attached hydrogen (secondary N) is 1. The van der Waals surface area contributed by atoms with Crippen molar-refractivity contribution in [3.8, 4) is 5.75 Å². The predicted octanol–water partition coefficient (Wildman–Crippen LogP) is 6.09. The van der Waals surface area contributed by atoms with E-state index < -0.39 is 0 Å². The van der Waals surface area contributed by atoms with Crippen LogP contribution in [0.15, 0.2) is 41.5 Å². The number of allylic oxidation sites excluding steroid dienone is 3. The number of phenols is 1. The molecule has 0 heterocycles. The summed E-state index contributed by atoms with van der Waals surface area (Å²) < 4.78 is 0. The first-order valence-corrected chi connectivity index (χ1v) is 8.65. The molecule has 0 aliphatic rings. The maximum absolute atomic E-state index is 9.75. The van der Waals surface area contributed by atoms with Crippen molar-refractivity contribution in [2.24, 2.45) is 5.92 Å². The van der Waals surface area contributed by atoms with Gasteiger partial charge in [0.25, 0.3) is 0 Å². The molecular formula is C21H33NO. The van der Waals surface area contributed by atoms with Gasteiger partial charge in [-0.2, -0.15) is 0 Å². The number of benzene rings is 1. The fourth-order valence-electron chi connectivity index (χ4n) is 3.09. The van der Waals surface area contributed by atoms with E-state index in [9.17, 15) is 5.11 Å². The number of aryl methyl sites for hydroxylation is 1. The summed E-state index contributed by atoms with van der Waals surface area (Å²) in [5.41, 5.74) is 6.36. The van der Waals surface area contributed by atoms with E-state index in [0.29, 0.717) is 11.7 Å². The van der Waals surface area contributed by atoms with Crippen molar-refractivity contribution in [2.75, 3.05) is 12.4 Å². The molecule has 1 aromatic carbocycles. The van der Waals surface area contributed by atoms with Crippen LogP contribution in [0.5, 0.6) is 5.75 Å². The Balaban J connectivity index is 2.67. The van der Waals surface area contributed by atoms with Gasteiger partial charge in [-0.1, -0.05) is 29.7 Å². The molecule has 1 aromatic rings. The average Bonchev–Trinajstić information content (AvgIpc) is 2.48. The summed E-state index contributed by atoms with van der Waals surface area (Å²) in [7, 11) is 1.84. The Bertz CT molecular complexity index is 553. The second kappa shape index (κ2) is 9.44. The van der Waals surface area contributed by atoms with Gasteiger partial charge in [-0.15, -0.1) is 6.58 Å². The Morgan fingerprint density at radius 2 is 1.91 bits per heavy atom. The number of anilines is 1. The largest absolute Gasteiger partial charge is 0.506 e. The molecule has 0 saturated heterocycles. The summed E-state index contributed by atoms with van der Waals surface area (Å²) in [5, 5.41) is 12.8. The highest BCUT2D eigenvalue weighted by atomic mass is 16.3. The van der Waals surface area contributed by atoms with E-state index in [1.807, 2.05) is 19.2 Å². The van der Waals surface area contributed by atoms with Crippen LogP contribution in [0.3, 0.4) is 0 Å². The molecule has 1 atom stereocenters. The standard InChI is InChI=1S/C21H33NO/c1-15(2)8-7-9-17(5)19(16(3)4)12-10-18-11-13-21(23)20(14-18)22-6/h11,13-14,17,22-23H,1,7-10,12H2,2-6H3. The molecule has 0 aliphatic carbocycles. The van der Waals surface area contributed by atoms with Gasteiger partial charge in [0, 0.05) is 7.05 Å². The normalized spacial score (nSPS) is 11.9. The Hall–Kier alpha value is -1.70. The zero-order chi connectivity index (χ0) is 17.4. The monoisotopic (exact) mass is 315 g/mol. The minimum atomic E-state index is 0.312. The quantitative estimate of drug-likeness (QED) is 0.427. The van der Waals surface area contributed by atoms with E-state index >= 15 is 0 Å². The van der Waals surface area contributed by atoms with Crippen LogP contribution in [0.1, 0.15) is 58.9 Å². The Morgan fingerprint density at radius 1 is 1.22 bits per heavy atom. The van der Waals surface area contributed by atoms with Crippen LogP contribution in [-0.4, -0.2) is 12.2 Å². The van der Waals surface area contributed by atoms with Gasteiger partial charge in [-0.3, -0.25) is 0 Å². The molecule has 23 heavy (non-hydrogen) atoms. The maximum Gasteiger partial charge on any atom is 0.138 e. The maximum atomic E-state index is 9.75. The summed E-state index contributed by atoms with van der Waals surface area (Å²) in [6.07, 6.45) is 5.68. The highest BCUT2D eigenvalue weighted by Crippen LogP contribution is 2.28. The smallest absolute Gasteiger partial charge is 0.138 e. The molecule has 0 saturated carbocycles. The lowest BCUT2D eigenvalue weighted by Gasteiger charge is -2.19. The highest BCUT2D eigenvalue weighted by molar-refractivity contribution is 5.56. The van der Waals surface area contributed by atoms with Gasteiger partial charge < -0.3 is 10.4 Å². The number of aromatic hydroxyl groups is 1. The average molecular weight is 316 g/mol. The third kappa shape index (κ3) is 6.52. The molecule has 0 aromatic heterocycles. The molecule has 0 radical (unpaired) electrons. The second-order valence-electron chi connectivity index (χ2n) is 6.88. The minimum Gasteiger partial charge on any atom is -0.506 e. The molecular weight excluding hydrogens is 282 g/mol. The van der Waals surface area contributed by atoms with E-state index in [-0.39, 0.29) is 0 Å². The Kier molecular flexibility index (Phi) is 7.94. The van der Waals surface area contributed by atoms with Crippen molar-refractivity contribution < 1.29 is 5.11 Å². The first-order valence-electron chi connectivity index (χ1n) is 8.65. The van der Waals surface area contributed by atoms with Gasteiger partial charge in [0.15, 0.2) is 0 Å². The van der Waals surface area contributed by atoms with E-state index in [2.05, 4.69) is 39.6 Å². The molecule has 1 unspecified atom stereocenters. The lowest BCUT2D eigenvalue weighted by atomic mass is 9.87. The first-order chi connectivity index (χ1) is 10.8. The third-order valence-corrected chi connectivity index (χ3v) is 4.49. The molecule has 0 spiro atoms. The van der Waals surface area contributed by atoms with Crippen LogP contribution in [0.4, 0.5) is 5.69 Å². The Morgan fingerprint density at radius 3 is 2.48 bits per heavy atom. The van der Waals surface area contributed by atoms with Gasteiger partial charge in [0.1, 0.15) is 5.75 Å². The lowest BCUT2D eigenvalue weighted by Crippen LogP contribution is -2.04. The van der Waals surface area contributed by atoms with Crippen molar-refractivity contribution in [1.29, 1.82) is 0 Å². The zero-order valence-corrected chi connectivity index (χ0v) is 15.5. The predicted molar refractivity (Wildman–Crippen MR) is 102 cm³/mol. The molecule has 2 heteroatoms. The summed E-state index contributed by atoms with van der Waals surface area (Å²) in [6, 6.07) is 5.84. The molecule has 1 rings (SSSR count). The van der Waals surface area contributed by atoms with E-state index in [4.69, 9.17) is 0 Å². The second-order valence-corrected chi connectivity index (χ2v) is 6.88. The summed E-state index contributed by atoms with van der Waals surface area (Å²) in [4.78, 5) is 0. The van der Waals surface area contributed by atoms with Crippen LogP contribution < -0.4 is 5.32 Å². The number of phenolic OH excluding ortho intramolecular Hbond substituents is 1. The van der Waals surface area contributed by atoms with Gasteiger partial charge >= 0.3 is 0 Å². The van der Waals surface area contributed by atoms with Crippen molar-refractivity contribution in [2.45, 2.75) is 59.8 Å². The van der Waals surface area contributed by atoms with Gasteiger partial charge in [-0.25, -0.2) is 0 Å². The summed E-state index contributed by atoms with van der Waals surface area (Å²) in [6.45, 7) is 12.9. The molecule has 0 bridgehead atoms. The van der Waals surface area contributed by atoms with Crippen molar-refractivity contribution in [3.05, 3.63) is 47.1 Å². The number of hydrogen-bond acceptors (Lipinski definition) is 2. The van der Waals surface area contributed by atoms with Crippen molar-refractivity contribution >= 4 is 5.69 Å². The van der Waals surface area contributed by atoms with Crippen LogP contribution in [-0.2, 0) is 6.42 Å². The molecule has 2 nitrogen and oxygen atoms in total.